The van der Waals surface area contributed by atoms with Gasteiger partial charge >= 0.3 is 0 Å². The molecule has 2 saturated heterocycles. The Bertz CT molecular complexity index is 471. The molecule has 0 saturated carbocycles. The molecule has 0 amide bonds. The fourth-order valence-corrected chi connectivity index (χ4v) is 3.97. The molecule has 110 valence electrons. The summed E-state index contributed by atoms with van der Waals surface area (Å²) in [6.07, 6.45) is 2.73. The summed E-state index contributed by atoms with van der Waals surface area (Å²) in [6, 6.07) is 7.94. The SMILES string of the molecule is Cc1ccc(C(CN)N2CCN3CCCC3C2)c(C)c1. The first-order valence-electron chi connectivity index (χ1n) is 7.94. The van der Waals surface area contributed by atoms with E-state index in [2.05, 4.69) is 41.8 Å². The van der Waals surface area contributed by atoms with Crippen molar-refractivity contribution in [2.45, 2.75) is 38.8 Å². The summed E-state index contributed by atoms with van der Waals surface area (Å²) in [5.41, 5.74) is 10.3. The van der Waals surface area contributed by atoms with Crippen LogP contribution >= 0.6 is 0 Å². The second-order valence-corrected chi connectivity index (χ2v) is 6.44. The molecule has 0 aliphatic carbocycles. The minimum absolute atomic E-state index is 0.387. The van der Waals surface area contributed by atoms with Gasteiger partial charge in [-0.3, -0.25) is 9.80 Å². The van der Waals surface area contributed by atoms with Crippen molar-refractivity contribution in [3.05, 3.63) is 34.9 Å². The quantitative estimate of drug-likeness (QED) is 0.915. The predicted octanol–water partition coefficient (Wildman–Crippen LogP) is 2.08. The summed E-state index contributed by atoms with van der Waals surface area (Å²) in [4.78, 5) is 5.27. The average Bonchev–Trinajstić information content (AvgIpc) is 2.89. The standard InChI is InChI=1S/C17H27N3/c1-13-5-6-16(14(2)10-13)17(11-18)20-9-8-19-7-3-4-15(19)12-20/h5-6,10,15,17H,3-4,7-9,11-12,18H2,1-2H3. The lowest BCUT2D eigenvalue weighted by Crippen LogP contribution is -2.52. The molecule has 3 rings (SSSR count). The summed E-state index contributed by atoms with van der Waals surface area (Å²) in [6.45, 7) is 9.96. The van der Waals surface area contributed by atoms with E-state index in [1.54, 1.807) is 0 Å². The Morgan fingerprint density at radius 2 is 2.10 bits per heavy atom. The van der Waals surface area contributed by atoms with Gasteiger partial charge in [0.25, 0.3) is 0 Å². The van der Waals surface area contributed by atoms with Crippen LogP contribution in [0.3, 0.4) is 0 Å². The van der Waals surface area contributed by atoms with Gasteiger partial charge in [-0.1, -0.05) is 23.8 Å². The average molecular weight is 273 g/mol. The third-order valence-corrected chi connectivity index (χ3v) is 5.07. The van der Waals surface area contributed by atoms with Gasteiger partial charge in [0.1, 0.15) is 0 Å². The molecule has 0 spiro atoms. The molecule has 2 N–H and O–H groups in total. The van der Waals surface area contributed by atoms with Crippen molar-refractivity contribution < 1.29 is 0 Å². The van der Waals surface area contributed by atoms with E-state index < -0.39 is 0 Å². The van der Waals surface area contributed by atoms with Crippen LogP contribution in [-0.4, -0.2) is 48.6 Å². The van der Waals surface area contributed by atoms with Gasteiger partial charge in [-0.15, -0.1) is 0 Å². The van der Waals surface area contributed by atoms with Gasteiger partial charge < -0.3 is 5.73 Å². The number of nitrogens with zero attached hydrogens (tertiary/aromatic N) is 2. The topological polar surface area (TPSA) is 32.5 Å². The molecule has 2 aliphatic heterocycles. The molecule has 0 aromatic heterocycles. The second-order valence-electron chi connectivity index (χ2n) is 6.44. The lowest BCUT2D eigenvalue weighted by Gasteiger charge is -2.41. The van der Waals surface area contributed by atoms with E-state index in [1.165, 1.54) is 49.2 Å². The number of hydrogen-bond acceptors (Lipinski definition) is 3. The van der Waals surface area contributed by atoms with E-state index in [0.29, 0.717) is 6.04 Å². The van der Waals surface area contributed by atoms with E-state index in [1.807, 2.05) is 0 Å². The molecule has 0 radical (unpaired) electrons. The highest BCUT2D eigenvalue weighted by atomic mass is 15.3. The van der Waals surface area contributed by atoms with Crippen LogP contribution < -0.4 is 5.73 Å². The molecule has 2 atom stereocenters. The Labute approximate surface area is 122 Å². The van der Waals surface area contributed by atoms with Crippen LogP contribution in [-0.2, 0) is 0 Å². The number of fused-ring (bicyclic) bond motifs is 1. The number of nitrogens with two attached hydrogens (primary N) is 1. The molecular weight excluding hydrogens is 246 g/mol. The number of aryl methyl sites for hydroxylation is 2. The van der Waals surface area contributed by atoms with Gasteiger partial charge in [-0.2, -0.15) is 0 Å². The molecule has 20 heavy (non-hydrogen) atoms. The van der Waals surface area contributed by atoms with Crippen LogP contribution in [0.2, 0.25) is 0 Å². The summed E-state index contributed by atoms with van der Waals surface area (Å²) in [5, 5.41) is 0. The zero-order chi connectivity index (χ0) is 14.1. The second kappa shape index (κ2) is 5.84. The molecule has 2 heterocycles. The molecule has 3 nitrogen and oxygen atoms in total. The van der Waals surface area contributed by atoms with Crippen LogP contribution in [0.25, 0.3) is 0 Å². The molecule has 1 aromatic rings. The summed E-state index contributed by atoms with van der Waals surface area (Å²) >= 11 is 0. The van der Waals surface area contributed by atoms with E-state index in [-0.39, 0.29) is 0 Å². The van der Waals surface area contributed by atoms with Crippen molar-refractivity contribution in [1.29, 1.82) is 0 Å². The fourth-order valence-electron chi connectivity index (χ4n) is 3.97. The van der Waals surface area contributed by atoms with Crippen LogP contribution in [0.5, 0.6) is 0 Å². The van der Waals surface area contributed by atoms with Crippen LogP contribution in [0.1, 0.15) is 35.6 Å². The number of hydrogen-bond donors (Lipinski definition) is 1. The van der Waals surface area contributed by atoms with Gasteiger partial charge in [-0.25, -0.2) is 0 Å². The van der Waals surface area contributed by atoms with Crippen molar-refractivity contribution in [2.75, 3.05) is 32.7 Å². The number of rotatable bonds is 3. The largest absolute Gasteiger partial charge is 0.329 e. The zero-order valence-corrected chi connectivity index (χ0v) is 12.8. The summed E-state index contributed by atoms with van der Waals surface area (Å²) < 4.78 is 0. The van der Waals surface area contributed by atoms with Gasteiger partial charge in [0, 0.05) is 38.3 Å². The van der Waals surface area contributed by atoms with Crippen LogP contribution in [0, 0.1) is 13.8 Å². The van der Waals surface area contributed by atoms with E-state index >= 15 is 0 Å². The van der Waals surface area contributed by atoms with E-state index in [9.17, 15) is 0 Å². The maximum absolute atomic E-state index is 6.12. The minimum Gasteiger partial charge on any atom is -0.329 e. The van der Waals surface area contributed by atoms with Crippen LogP contribution in [0.15, 0.2) is 18.2 Å². The Kier molecular flexibility index (Phi) is 4.11. The molecule has 0 bridgehead atoms. The highest BCUT2D eigenvalue weighted by Gasteiger charge is 2.33. The van der Waals surface area contributed by atoms with Gasteiger partial charge in [0.15, 0.2) is 0 Å². The Hall–Kier alpha value is -0.900. The monoisotopic (exact) mass is 273 g/mol. The molecule has 2 fully saturated rings. The van der Waals surface area contributed by atoms with Crippen molar-refractivity contribution in [1.82, 2.24) is 9.80 Å². The Morgan fingerprint density at radius 3 is 2.85 bits per heavy atom. The van der Waals surface area contributed by atoms with E-state index in [4.69, 9.17) is 5.73 Å². The van der Waals surface area contributed by atoms with Crippen molar-refractivity contribution in [3.63, 3.8) is 0 Å². The highest BCUT2D eigenvalue weighted by Crippen LogP contribution is 2.29. The van der Waals surface area contributed by atoms with Crippen molar-refractivity contribution >= 4 is 0 Å². The highest BCUT2D eigenvalue weighted by molar-refractivity contribution is 5.33. The molecule has 2 aliphatic rings. The smallest absolute Gasteiger partial charge is 0.0474 e. The Morgan fingerprint density at radius 1 is 1.25 bits per heavy atom. The summed E-state index contributed by atoms with van der Waals surface area (Å²) in [7, 11) is 0. The van der Waals surface area contributed by atoms with Crippen molar-refractivity contribution in [2.24, 2.45) is 5.73 Å². The molecule has 3 heteroatoms. The fraction of sp³-hybridized carbons (Fsp3) is 0.647. The lowest BCUT2D eigenvalue weighted by molar-refractivity contribution is 0.0735. The van der Waals surface area contributed by atoms with Crippen LogP contribution in [0.4, 0.5) is 0 Å². The maximum Gasteiger partial charge on any atom is 0.0474 e. The third-order valence-electron chi connectivity index (χ3n) is 5.07. The maximum atomic E-state index is 6.12. The van der Waals surface area contributed by atoms with Gasteiger partial charge in [0.05, 0.1) is 0 Å². The third kappa shape index (κ3) is 2.62. The molecule has 2 unspecified atom stereocenters. The number of piperazine rings is 1. The first-order valence-corrected chi connectivity index (χ1v) is 7.94. The van der Waals surface area contributed by atoms with Gasteiger partial charge in [-0.05, 0) is 44.4 Å². The first kappa shape index (κ1) is 14.1. The Balaban J connectivity index is 1.79. The lowest BCUT2D eigenvalue weighted by atomic mass is 9.96. The molecular formula is C17H27N3. The van der Waals surface area contributed by atoms with Crippen molar-refractivity contribution in [3.8, 4) is 0 Å². The first-order chi connectivity index (χ1) is 9.69. The van der Waals surface area contributed by atoms with E-state index in [0.717, 1.165) is 19.1 Å². The number of benzene rings is 1. The minimum atomic E-state index is 0.387. The zero-order valence-electron chi connectivity index (χ0n) is 12.8. The molecule has 1 aromatic carbocycles. The summed E-state index contributed by atoms with van der Waals surface area (Å²) in [5.74, 6) is 0. The predicted molar refractivity (Wildman–Crippen MR) is 83.9 cm³/mol. The van der Waals surface area contributed by atoms with Gasteiger partial charge in [0.2, 0.25) is 0 Å². The normalized spacial score (nSPS) is 25.6.